The van der Waals surface area contributed by atoms with E-state index in [1.807, 2.05) is 65.3 Å². The third-order valence-electron chi connectivity index (χ3n) is 11.0. The minimum absolute atomic E-state index is 0.113. The standard InChI is InChI=1S/C41H40ClFN6O4/c1-24-7-2-3-8-30(24)31-9-6-13-41(37(31)42,40-46-33-16-25(20-48-22-29(43)23-48)15-27(18-44)36(33)53-40)47-38(50)34-17-32(26-11-12-26)28(19-45-34)21-49-14-5-4-10-35(49)39(51)52/h2-3,6-9,13,15-17,19,26,29,35,37H,4-5,10-12,14,20-23H2,1H3,(H,47,50)(H,51,52)/t35-,37?,41?/m0/s1. The normalized spacial score (nSPS) is 23.7. The molecule has 2 saturated heterocycles. The van der Waals surface area contributed by atoms with Crippen molar-refractivity contribution in [2.45, 2.75) is 81.2 Å². The van der Waals surface area contributed by atoms with Crippen LogP contribution in [0, 0.1) is 18.3 Å². The van der Waals surface area contributed by atoms with E-state index in [1.54, 1.807) is 18.3 Å². The molecule has 2 aromatic carbocycles. The smallest absolute Gasteiger partial charge is 0.320 e. The molecule has 8 rings (SSSR count). The number of nitrogens with zero attached hydrogens (tertiary/aromatic N) is 5. The second kappa shape index (κ2) is 14.2. The Hall–Kier alpha value is -4.89. The summed E-state index contributed by atoms with van der Waals surface area (Å²) in [5.41, 5.74) is 5.09. The van der Waals surface area contributed by atoms with Gasteiger partial charge < -0.3 is 14.8 Å². The molecule has 2 aliphatic heterocycles. The fourth-order valence-corrected chi connectivity index (χ4v) is 8.39. The number of aromatic nitrogens is 2. The van der Waals surface area contributed by atoms with Gasteiger partial charge in [-0.3, -0.25) is 24.4 Å². The Bertz CT molecular complexity index is 2200. The molecule has 4 aliphatic rings. The van der Waals surface area contributed by atoms with Crippen molar-refractivity contribution in [3.63, 3.8) is 0 Å². The van der Waals surface area contributed by atoms with Gasteiger partial charge in [0.15, 0.2) is 11.1 Å². The highest BCUT2D eigenvalue weighted by molar-refractivity contribution is 6.28. The second-order valence-electron chi connectivity index (χ2n) is 14.8. The number of nitriles is 1. The lowest BCUT2D eigenvalue weighted by Gasteiger charge is -2.37. The maximum Gasteiger partial charge on any atom is 0.320 e. The Morgan fingerprint density at radius 2 is 1.96 bits per heavy atom. The van der Waals surface area contributed by atoms with Crippen molar-refractivity contribution in [3.8, 4) is 6.07 Å². The Morgan fingerprint density at radius 1 is 1.15 bits per heavy atom. The summed E-state index contributed by atoms with van der Waals surface area (Å²) in [6.07, 6.45) is 10.8. The van der Waals surface area contributed by atoms with Gasteiger partial charge in [-0.25, -0.2) is 9.37 Å². The van der Waals surface area contributed by atoms with Crippen LogP contribution in [0.3, 0.4) is 0 Å². The zero-order valence-corrected chi connectivity index (χ0v) is 30.2. The van der Waals surface area contributed by atoms with Crippen LogP contribution in [0.25, 0.3) is 16.7 Å². The van der Waals surface area contributed by atoms with E-state index in [-0.39, 0.29) is 28.6 Å². The van der Waals surface area contributed by atoms with E-state index in [2.05, 4.69) is 16.4 Å². The van der Waals surface area contributed by atoms with Crippen molar-refractivity contribution < 1.29 is 23.5 Å². The Kier molecular flexibility index (Phi) is 9.39. The summed E-state index contributed by atoms with van der Waals surface area (Å²) < 4.78 is 20.0. The summed E-state index contributed by atoms with van der Waals surface area (Å²) in [4.78, 5) is 39.9. The van der Waals surface area contributed by atoms with Crippen LogP contribution in [0.1, 0.15) is 87.8 Å². The lowest BCUT2D eigenvalue weighted by molar-refractivity contribution is -0.144. The number of halogens is 2. The van der Waals surface area contributed by atoms with Crippen LogP contribution in [0.5, 0.6) is 0 Å². The summed E-state index contributed by atoms with van der Waals surface area (Å²) in [6.45, 7) is 4.29. The van der Waals surface area contributed by atoms with Crippen LogP contribution in [-0.4, -0.2) is 74.0 Å². The first-order valence-electron chi connectivity index (χ1n) is 18.2. The van der Waals surface area contributed by atoms with E-state index in [1.165, 1.54) is 0 Å². The first kappa shape index (κ1) is 35.2. The van der Waals surface area contributed by atoms with Gasteiger partial charge in [-0.15, -0.1) is 11.6 Å². The molecule has 12 heteroatoms. The largest absolute Gasteiger partial charge is 0.480 e. The van der Waals surface area contributed by atoms with Gasteiger partial charge >= 0.3 is 5.97 Å². The predicted octanol–water partition coefficient (Wildman–Crippen LogP) is 6.76. The van der Waals surface area contributed by atoms with Crippen LogP contribution >= 0.6 is 11.6 Å². The van der Waals surface area contributed by atoms with Gasteiger partial charge in [-0.1, -0.05) is 42.8 Å². The quantitative estimate of drug-likeness (QED) is 0.170. The molecule has 2 unspecified atom stereocenters. The van der Waals surface area contributed by atoms with E-state index in [4.69, 9.17) is 21.0 Å². The lowest BCUT2D eigenvalue weighted by atomic mass is 9.81. The maximum absolute atomic E-state index is 14.4. The van der Waals surface area contributed by atoms with Crippen molar-refractivity contribution >= 4 is 40.2 Å². The van der Waals surface area contributed by atoms with Gasteiger partial charge in [-0.05, 0) is 103 Å². The Morgan fingerprint density at radius 3 is 2.70 bits per heavy atom. The van der Waals surface area contributed by atoms with Crippen molar-refractivity contribution in [3.05, 3.63) is 112 Å². The molecule has 2 N–H and O–H groups in total. The van der Waals surface area contributed by atoms with Crippen molar-refractivity contribution in [2.24, 2.45) is 0 Å². The van der Waals surface area contributed by atoms with E-state index < -0.39 is 35.0 Å². The molecule has 10 nitrogen and oxygen atoms in total. The van der Waals surface area contributed by atoms with Gasteiger partial charge in [0.25, 0.3) is 5.91 Å². The van der Waals surface area contributed by atoms with Gasteiger partial charge in [0.05, 0.1) is 10.9 Å². The molecule has 4 heterocycles. The monoisotopic (exact) mass is 734 g/mol. The number of rotatable bonds is 10. The number of aliphatic carboxylic acids is 1. The van der Waals surface area contributed by atoms with Crippen LogP contribution in [0.15, 0.2) is 71.3 Å². The third kappa shape index (κ3) is 6.76. The lowest BCUT2D eigenvalue weighted by Crippen LogP contribution is -2.52. The van der Waals surface area contributed by atoms with E-state index in [9.17, 15) is 24.3 Å². The number of allylic oxidation sites excluding steroid dienone is 2. The first-order chi connectivity index (χ1) is 25.6. The number of nitrogens with one attached hydrogen (secondary N) is 1. The fraction of sp³-hybridized carbons (Fsp3) is 0.390. The molecule has 2 aliphatic carbocycles. The Balaban J connectivity index is 1.17. The van der Waals surface area contributed by atoms with Crippen LogP contribution in [0.4, 0.5) is 4.39 Å². The average molecular weight is 735 g/mol. The molecular weight excluding hydrogens is 695 g/mol. The zero-order valence-electron chi connectivity index (χ0n) is 29.4. The number of oxazole rings is 1. The first-order valence-corrected chi connectivity index (χ1v) is 18.7. The van der Waals surface area contributed by atoms with E-state index in [0.29, 0.717) is 44.7 Å². The number of carboxylic acid groups (broad SMARTS) is 1. The van der Waals surface area contributed by atoms with Crippen LogP contribution in [0.2, 0.25) is 0 Å². The van der Waals surface area contributed by atoms with Crippen molar-refractivity contribution in [2.75, 3.05) is 19.6 Å². The number of hydrogen-bond donors (Lipinski definition) is 2. The number of amides is 1. The molecule has 2 aromatic heterocycles. The second-order valence-corrected chi connectivity index (χ2v) is 15.2. The number of carbonyl (C=O) groups is 2. The summed E-state index contributed by atoms with van der Waals surface area (Å²) >= 11 is 7.47. The molecule has 4 aromatic rings. The molecule has 3 fully saturated rings. The molecule has 0 spiro atoms. The molecular formula is C41H40ClFN6O4. The highest BCUT2D eigenvalue weighted by atomic mass is 35.5. The summed E-state index contributed by atoms with van der Waals surface area (Å²) in [7, 11) is 0. The van der Waals surface area contributed by atoms with Gasteiger partial charge in [0.2, 0.25) is 5.89 Å². The number of pyridine rings is 1. The SMILES string of the molecule is Cc1ccccc1C1=CC=CC(NC(=O)c2cc(C3CC3)c(CN3CCCC[C@H]3C(=O)O)cn2)(c2nc3cc(CN4CC(F)C4)cc(C#N)c3o2)C1Cl. The predicted molar refractivity (Wildman–Crippen MR) is 198 cm³/mol. The molecule has 3 atom stereocenters. The zero-order chi connectivity index (χ0) is 36.9. The number of alkyl halides is 2. The molecule has 0 radical (unpaired) electrons. The van der Waals surface area contributed by atoms with Crippen molar-refractivity contribution in [1.29, 1.82) is 5.26 Å². The molecule has 0 bridgehead atoms. The molecule has 272 valence electrons. The number of benzene rings is 2. The fourth-order valence-electron chi connectivity index (χ4n) is 7.98. The van der Waals surface area contributed by atoms with Crippen LogP contribution < -0.4 is 5.32 Å². The molecule has 53 heavy (non-hydrogen) atoms. The minimum Gasteiger partial charge on any atom is -0.480 e. The number of carboxylic acids is 1. The molecule has 1 saturated carbocycles. The summed E-state index contributed by atoms with van der Waals surface area (Å²) in [5, 5.41) is 22.3. The van der Waals surface area contributed by atoms with Gasteiger partial charge in [0, 0.05) is 32.4 Å². The number of fused-ring (bicyclic) bond motifs is 1. The number of likely N-dealkylation sites (tertiary alicyclic amines) is 2. The summed E-state index contributed by atoms with van der Waals surface area (Å²) in [5.74, 6) is -0.912. The number of aryl methyl sites for hydroxylation is 1. The van der Waals surface area contributed by atoms with E-state index >= 15 is 0 Å². The van der Waals surface area contributed by atoms with Crippen molar-refractivity contribution in [1.82, 2.24) is 25.1 Å². The van der Waals surface area contributed by atoms with Crippen LogP contribution in [-0.2, 0) is 23.4 Å². The number of carbonyl (C=O) groups excluding carboxylic acids is 1. The van der Waals surface area contributed by atoms with Gasteiger partial charge in [-0.2, -0.15) is 5.26 Å². The topological polar surface area (TPSA) is 136 Å². The van der Waals surface area contributed by atoms with E-state index in [0.717, 1.165) is 59.1 Å². The third-order valence-corrected chi connectivity index (χ3v) is 11.6. The maximum atomic E-state index is 14.4. The number of piperidine rings is 1. The number of hydrogen-bond acceptors (Lipinski definition) is 8. The average Bonchev–Trinajstić information content (AvgIpc) is 3.90. The summed E-state index contributed by atoms with van der Waals surface area (Å²) in [6, 6.07) is 14.9. The molecule has 1 amide bonds. The highest BCUT2D eigenvalue weighted by Crippen LogP contribution is 2.45. The van der Waals surface area contributed by atoms with Gasteiger partial charge in [0.1, 0.15) is 29.5 Å². The Labute approximate surface area is 312 Å². The highest BCUT2D eigenvalue weighted by Gasteiger charge is 2.47. The minimum atomic E-state index is -1.49.